The topological polar surface area (TPSA) is 114 Å². The summed E-state index contributed by atoms with van der Waals surface area (Å²) in [4.78, 5) is 43.4. The summed E-state index contributed by atoms with van der Waals surface area (Å²) in [5, 5.41) is 0. The van der Waals surface area contributed by atoms with Gasteiger partial charge in [0.05, 0.1) is 39.6 Å². The zero-order valence-corrected chi connectivity index (χ0v) is 18.1. The Morgan fingerprint density at radius 1 is 0.424 bits per heavy atom. The summed E-state index contributed by atoms with van der Waals surface area (Å²) in [5.41, 5.74) is 1.49. The van der Waals surface area contributed by atoms with Gasteiger partial charge in [0.1, 0.15) is 49.9 Å². The average Bonchev–Trinajstić information content (AvgIpc) is 2.86. The average molecular weight is 458 g/mol. The lowest BCUT2D eigenvalue weighted by Crippen LogP contribution is -2.14. The van der Waals surface area contributed by atoms with Gasteiger partial charge in [0, 0.05) is 22.3 Å². The zero-order chi connectivity index (χ0) is 23.7. The van der Waals surface area contributed by atoms with Gasteiger partial charge >= 0.3 is 0 Å². The molecular formula is C24H26O9. The molecular weight excluding hydrogens is 432 g/mol. The fraction of sp³-hybridized carbons (Fsp3) is 0.333. The van der Waals surface area contributed by atoms with Crippen molar-refractivity contribution < 1.29 is 42.9 Å². The quantitative estimate of drug-likeness (QED) is 0.245. The van der Waals surface area contributed by atoms with E-state index in [9.17, 15) is 19.2 Å². The van der Waals surface area contributed by atoms with Gasteiger partial charge in [-0.1, -0.05) is 0 Å². The van der Waals surface area contributed by atoms with Gasteiger partial charge in [0.15, 0.2) is 0 Å². The van der Waals surface area contributed by atoms with E-state index in [1.165, 1.54) is 12.1 Å². The van der Waals surface area contributed by atoms with Gasteiger partial charge in [-0.05, 0) is 36.4 Å². The molecule has 0 bridgehead atoms. The van der Waals surface area contributed by atoms with Crippen LogP contribution in [0.5, 0.6) is 11.5 Å². The summed E-state index contributed by atoms with van der Waals surface area (Å²) in [5.74, 6) is 0.867. The van der Waals surface area contributed by atoms with E-state index >= 15 is 0 Å². The molecule has 0 atom stereocenters. The van der Waals surface area contributed by atoms with Gasteiger partial charge in [-0.3, -0.25) is 19.2 Å². The largest absolute Gasteiger partial charge is 0.491 e. The molecule has 33 heavy (non-hydrogen) atoms. The Bertz CT molecular complexity index is 785. The number of hydrogen-bond acceptors (Lipinski definition) is 9. The molecule has 0 aromatic heterocycles. The number of aldehydes is 4. The van der Waals surface area contributed by atoms with Crippen LogP contribution in [0, 0.1) is 0 Å². The van der Waals surface area contributed by atoms with Crippen molar-refractivity contribution in [1.29, 1.82) is 0 Å². The first-order valence-electron chi connectivity index (χ1n) is 10.3. The fourth-order valence-corrected chi connectivity index (χ4v) is 2.71. The summed E-state index contributed by atoms with van der Waals surface area (Å²) >= 11 is 0. The third-order valence-electron chi connectivity index (χ3n) is 4.18. The number of rotatable bonds is 18. The second kappa shape index (κ2) is 15.4. The first kappa shape index (κ1) is 25.9. The minimum atomic E-state index is 0.272. The van der Waals surface area contributed by atoms with E-state index in [0.717, 1.165) is 0 Å². The lowest BCUT2D eigenvalue weighted by Gasteiger charge is -2.10. The molecule has 0 fully saturated rings. The van der Waals surface area contributed by atoms with E-state index in [0.29, 0.717) is 98.5 Å². The van der Waals surface area contributed by atoms with E-state index in [1.807, 2.05) is 0 Å². The van der Waals surface area contributed by atoms with Gasteiger partial charge in [-0.25, -0.2) is 0 Å². The Morgan fingerprint density at radius 3 is 0.970 bits per heavy atom. The summed E-state index contributed by atoms with van der Waals surface area (Å²) in [7, 11) is 0. The maximum absolute atomic E-state index is 10.9. The molecule has 0 saturated heterocycles. The predicted octanol–water partition coefficient (Wildman–Crippen LogP) is 2.44. The number of benzene rings is 2. The highest BCUT2D eigenvalue weighted by molar-refractivity contribution is 5.83. The Morgan fingerprint density at radius 2 is 0.697 bits per heavy atom. The predicted molar refractivity (Wildman–Crippen MR) is 118 cm³/mol. The molecule has 2 aromatic rings. The van der Waals surface area contributed by atoms with Gasteiger partial charge in [-0.2, -0.15) is 0 Å². The van der Waals surface area contributed by atoms with Crippen molar-refractivity contribution in [2.75, 3.05) is 52.9 Å². The van der Waals surface area contributed by atoms with Crippen molar-refractivity contribution in [3.05, 3.63) is 58.7 Å². The smallest absolute Gasteiger partial charge is 0.150 e. The molecule has 9 heteroatoms. The highest BCUT2D eigenvalue weighted by Gasteiger charge is 2.03. The SMILES string of the molecule is O=Cc1cc(C=O)cc(OCCOCCOCCOCCOc2cc(C=O)cc(C=O)c2)c1. The molecule has 2 rings (SSSR count). The van der Waals surface area contributed by atoms with Crippen molar-refractivity contribution in [2.45, 2.75) is 0 Å². The van der Waals surface area contributed by atoms with E-state index in [2.05, 4.69) is 0 Å². The lowest BCUT2D eigenvalue weighted by molar-refractivity contribution is 0.00498. The molecule has 9 nitrogen and oxygen atoms in total. The van der Waals surface area contributed by atoms with Crippen LogP contribution in [0.4, 0.5) is 0 Å². The second-order valence-electron chi connectivity index (χ2n) is 6.68. The first-order valence-corrected chi connectivity index (χ1v) is 10.3. The van der Waals surface area contributed by atoms with Crippen molar-refractivity contribution in [3.63, 3.8) is 0 Å². The van der Waals surface area contributed by atoms with Crippen LogP contribution >= 0.6 is 0 Å². The van der Waals surface area contributed by atoms with Crippen molar-refractivity contribution in [1.82, 2.24) is 0 Å². The van der Waals surface area contributed by atoms with Crippen LogP contribution in [0.15, 0.2) is 36.4 Å². The fourth-order valence-electron chi connectivity index (χ4n) is 2.71. The Balaban J connectivity index is 1.45. The molecule has 0 aliphatic carbocycles. The zero-order valence-electron chi connectivity index (χ0n) is 18.1. The molecule has 0 unspecified atom stereocenters. The minimum Gasteiger partial charge on any atom is -0.491 e. The number of hydrogen-bond donors (Lipinski definition) is 0. The summed E-state index contributed by atoms with van der Waals surface area (Å²) < 4.78 is 27.2. The molecule has 0 aliphatic heterocycles. The first-order chi connectivity index (χ1) is 16.2. The van der Waals surface area contributed by atoms with Crippen LogP contribution in [0.1, 0.15) is 41.4 Å². The Hall–Kier alpha value is -3.40. The van der Waals surface area contributed by atoms with Gasteiger partial charge < -0.3 is 23.7 Å². The molecule has 0 amide bonds. The third kappa shape index (κ3) is 10.2. The Kier molecular flexibility index (Phi) is 12.1. The normalized spacial score (nSPS) is 10.4. The molecule has 0 N–H and O–H groups in total. The summed E-state index contributed by atoms with van der Waals surface area (Å²) in [6.45, 7) is 2.75. The maximum atomic E-state index is 10.9. The molecule has 0 saturated carbocycles. The van der Waals surface area contributed by atoms with E-state index < -0.39 is 0 Å². The minimum absolute atomic E-state index is 0.272. The van der Waals surface area contributed by atoms with Crippen LogP contribution in [0.3, 0.4) is 0 Å². The molecule has 2 aromatic carbocycles. The number of ether oxygens (including phenoxy) is 5. The van der Waals surface area contributed by atoms with Gasteiger partial charge in [0.2, 0.25) is 0 Å². The second-order valence-corrected chi connectivity index (χ2v) is 6.68. The van der Waals surface area contributed by atoms with Crippen LogP contribution < -0.4 is 9.47 Å². The highest BCUT2D eigenvalue weighted by atomic mass is 16.6. The summed E-state index contributed by atoms with van der Waals surface area (Å²) in [6, 6.07) is 9.18. The van der Waals surface area contributed by atoms with Crippen molar-refractivity contribution >= 4 is 25.1 Å². The van der Waals surface area contributed by atoms with E-state index in [-0.39, 0.29) is 13.2 Å². The standard InChI is InChI=1S/C24H26O9/c25-15-19-9-20(16-26)12-23(11-19)32-7-5-30-3-1-29-2-4-31-6-8-33-24-13-21(17-27)10-22(14-24)18-28/h9-18H,1-8H2. The van der Waals surface area contributed by atoms with Crippen LogP contribution in [-0.4, -0.2) is 78.0 Å². The van der Waals surface area contributed by atoms with Crippen LogP contribution in [0.25, 0.3) is 0 Å². The summed E-state index contributed by atoms with van der Waals surface area (Å²) in [6.07, 6.45) is 2.62. The van der Waals surface area contributed by atoms with Crippen molar-refractivity contribution in [3.8, 4) is 11.5 Å². The molecule has 0 aliphatic rings. The van der Waals surface area contributed by atoms with E-state index in [4.69, 9.17) is 23.7 Å². The molecule has 0 spiro atoms. The van der Waals surface area contributed by atoms with Crippen molar-refractivity contribution in [2.24, 2.45) is 0 Å². The van der Waals surface area contributed by atoms with Gasteiger partial charge in [0.25, 0.3) is 0 Å². The van der Waals surface area contributed by atoms with Gasteiger partial charge in [-0.15, -0.1) is 0 Å². The molecule has 0 radical (unpaired) electrons. The molecule has 176 valence electrons. The monoisotopic (exact) mass is 458 g/mol. The molecule has 0 heterocycles. The maximum Gasteiger partial charge on any atom is 0.150 e. The highest BCUT2D eigenvalue weighted by Crippen LogP contribution is 2.16. The van der Waals surface area contributed by atoms with Crippen LogP contribution in [-0.2, 0) is 14.2 Å². The third-order valence-corrected chi connectivity index (χ3v) is 4.18. The van der Waals surface area contributed by atoms with Crippen LogP contribution in [0.2, 0.25) is 0 Å². The van der Waals surface area contributed by atoms with E-state index in [1.54, 1.807) is 24.3 Å². The Labute approximate surface area is 191 Å². The lowest BCUT2D eigenvalue weighted by atomic mass is 10.1. The number of carbonyl (C=O) groups excluding carboxylic acids is 4. The number of carbonyl (C=O) groups is 4.